The van der Waals surface area contributed by atoms with Crippen LogP contribution in [0.25, 0.3) is 0 Å². The fraction of sp³-hybridized carbons (Fsp3) is 0.214. The molecular weight excluding hydrogens is 274 g/mol. The summed E-state index contributed by atoms with van der Waals surface area (Å²) in [6, 6.07) is 6.75. The highest BCUT2D eigenvalue weighted by molar-refractivity contribution is 7.11. The Balaban J connectivity index is 1.93. The zero-order valence-electron chi connectivity index (χ0n) is 11.3. The highest BCUT2D eigenvalue weighted by Gasteiger charge is 2.07. The lowest BCUT2D eigenvalue weighted by Crippen LogP contribution is -2.22. The second-order valence-electron chi connectivity index (χ2n) is 4.31. The molecule has 5 nitrogen and oxygen atoms in total. The number of anilines is 1. The van der Waals surface area contributed by atoms with Crippen LogP contribution in [0.3, 0.4) is 0 Å². The molecule has 0 unspecified atom stereocenters. The van der Waals surface area contributed by atoms with E-state index < -0.39 is 0 Å². The first kappa shape index (κ1) is 14.2. The molecule has 0 fully saturated rings. The first-order chi connectivity index (χ1) is 9.54. The number of hydrogen-bond acceptors (Lipinski definition) is 4. The molecule has 0 atom stereocenters. The van der Waals surface area contributed by atoms with Gasteiger partial charge in [0.05, 0.1) is 6.54 Å². The van der Waals surface area contributed by atoms with Crippen molar-refractivity contribution in [3.8, 4) is 0 Å². The summed E-state index contributed by atoms with van der Waals surface area (Å²) in [5, 5.41) is 6.34. The Kier molecular flexibility index (Phi) is 4.47. The van der Waals surface area contributed by atoms with Crippen molar-refractivity contribution < 1.29 is 9.59 Å². The lowest BCUT2D eigenvalue weighted by atomic mass is 10.2. The van der Waals surface area contributed by atoms with Crippen LogP contribution in [0.1, 0.15) is 27.2 Å². The molecule has 0 aliphatic rings. The normalized spacial score (nSPS) is 10.1. The number of nitrogens with one attached hydrogen (secondary N) is 2. The maximum atomic E-state index is 11.9. The van der Waals surface area contributed by atoms with E-state index in [1.54, 1.807) is 41.8 Å². The molecule has 2 amide bonds. The van der Waals surface area contributed by atoms with E-state index in [2.05, 4.69) is 15.6 Å². The van der Waals surface area contributed by atoms with Gasteiger partial charge in [-0.05, 0) is 31.2 Å². The number of nitrogens with zero attached hydrogens (tertiary/aromatic N) is 1. The quantitative estimate of drug-likeness (QED) is 0.907. The van der Waals surface area contributed by atoms with Gasteiger partial charge in [0.2, 0.25) is 5.91 Å². The van der Waals surface area contributed by atoms with E-state index in [0.29, 0.717) is 17.8 Å². The molecule has 0 radical (unpaired) electrons. The van der Waals surface area contributed by atoms with Crippen molar-refractivity contribution in [3.05, 3.63) is 45.9 Å². The number of benzene rings is 1. The number of carbonyl (C=O) groups is 2. The minimum absolute atomic E-state index is 0.138. The maximum Gasteiger partial charge on any atom is 0.251 e. The fourth-order valence-corrected chi connectivity index (χ4v) is 2.38. The van der Waals surface area contributed by atoms with Gasteiger partial charge in [-0.25, -0.2) is 4.98 Å². The van der Waals surface area contributed by atoms with Gasteiger partial charge in [0.15, 0.2) is 0 Å². The molecule has 0 aliphatic heterocycles. The van der Waals surface area contributed by atoms with E-state index >= 15 is 0 Å². The van der Waals surface area contributed by atoms with Crippen LogP contribution in [0.15, 0.2) is 30.5 Å². The highest BCUT2D eigenvalue weighted by atomic mass is 32.1. The molecular formula is C14H15N3O2S. The number of hydrogen-bond donors (Lipinski definition) is 2. The Morgan fingerprint density at radius 1 is 1.25 bits per heavy atom. The Morgan fingerprint density at radius 2 is 1.95 bits per heavy atom. The second kappa shape index (κ2) is 6.29. The van der Waals surface area contributed by atoms with Crippen molar-refractivity contribution in [3.63, 3.8) is 0 Å². The smallest absolute Gasteiger partial charge is 0.251 e. The molecule has 2 N–H and O–H groups in total. The highest BCUT2D eigenvalue weighted by Crippen LogP contribution is 2.12. The van der Waals surface area contributed by atoms with Crippen molar-refractivity contribution in [1.29, 1.82) is 0 Å². The number of aryl methyl sites for hydroxylation is 1. The van der Waals surface area contributed by atoms with Crippen molar-refractivity contribution in [2.24, 2.45) is 0 Å². The van der Waals surface area contributed by atoms with Gasteiger partial charge < -0.3 is 10.6 Å². The van der Waals surface area contributed by atoms with Crippen molar-refractivity contribution in [2.45, 2.75) is 20.4 Å². The summed E-state index contributed by atoms with van der Waals surface area (Å²) in [4.78, 5) is 28.1. The average Bonchev–Trinajstić information content (AvgIpc) is 2.82. The molecule has 0 saturated carbocycles. The molecule has 1 heterocycles. The fourth-order valence-electron chi connectivity index (χ4n) is 1.65. The number of aromatic nitrogens is 1. The van der Waals surface area contributed by atoms with Gasteiger partial charge in [-0.2, -0.15) is 0 Å². The molecule has 2 rings (SSSR count). The van der Waals surface area contributed by atoms with Crippen molar-refractivity contribution >= 4 is 28.8 Å². The lowest BCUT2D eigenvalue weighted by molar-refractivity contribution is -0.114. The molecule has 6 heteroatoms. The van der Waals surface area contributed by atoms with Gasteiger partial charge in [-0.3, -0.25) is 9.59 Å². The first-order valence-corrected chi connectivity index (χ1v) is 6.93. The predicted molar refractivity (Wildman–Crippen MR) is 78.8 cm³/mol. The summed E-state index contributed by atoms with van der Waals surface area (Å²) < 4.78 is 0. The van der Waals surface area contributed by atoms with Crippen LogP contribution in [-0.2, 0) is 11.3 Å². The van der Waals surface area contributed by atoms with Gasteiger partial charge in [0, 0.05) is 29.2 Å². The first-order valence-electron chi connectivity index (χ1n) is 6.12. The number of rotatable bonds is 4. The van der Waals surface area contributed by atoms with E-state index in [1.165, 1.54) is 6.92 Å². The SMILES string of the molecule is CC(=O)Nc1ccc(C(=O)NCc2ncc(C)s2)cc1. The monoisotopic (exact) mass is 289 g/mol. The Hall–Kier alpha value is -2.21. The van der Waals surface area contributed by atoms with Gasteiger partial charge in [0.25, 0.3) is 5.91 Å². The third-order valence-corrected chi connectivity index (χ3v) is 3.45. The topological polar surface area (TPSA) is 71.1 Å². The van der Waals surface area contributed by atoms with Crippen molar-refractivity contribution in [2.75, 3.05) is 5.32 Å². The molecule has 0 saturated heterocycles. The Labute approximate surface area is 121 Å². The number of thiazole rings is 1. The van der Waals surface area contributed by atoms with Crippen LogP contribution in [0.2, 0.25) is 0 Å². The summed E-state index contributed by atoms with van der Waals surface area (Å²) in [6.07, 6.45) is 1.79. The van der Waals surface area contributed by atoms with Crippen LogP contribution >= 0.6 is 11.3 Å². The summed E-state index contributed by atoms with van der Waals surface area (Å²) in [6.45, 7) is 3.84. The minimum atomic E-state index is -0.160. The van der Waals surface area contributed by atoms with Gasteiger partial charge >= 0.3 is 0 Å². The van der Waals surface area contributed by atoms with E-state index in [4.69, 9.17) is 0 Å². The van der Waals surface area contributed by atoms with Gasteiger partial charge in [-0.15, -0.1) is 11.3 Å². The molecule has 2 aromatic rings. The zero-order chi connectivity index (χ0) is 14.5. The van der Waals surface area contributed by atoms with Crippen LogP contribution in [0.5, 0.6) is 0 Å². The summed E-state index contributed by atoms with van der Waals surface area (Å²) >= 11 is 1.56. The second-order valence-corrected chi connectivity index (χ2v) is 5.63. The van der Waals surface area contributed by atoms with Gasteiger partial charge in [0.1, 0.15) is 5.01 Å². The molecule has 1 aromatic heterocycles. The summed E-state index contributed by atoms with van der Waals surface area (Å²) in [5.41, 5.74) is 1.22. The molecule has 0 aliphatic carbocycles. The Bertz CT molecular complexity index is 620. The zero-order valence-corrected chi connectivity index (χ0v) is 12.1. The molecule has 0 bridgehead atoms. The number of amides is 2. The lowest BCUT2D eigenvalue weighted by Gasteiger charge is -2.05. The van der Waals surface area contributed by atoms with Gasteiger partial charge in [-0.1, -0.05) is 0 Å². The Morgan fingerprint density at radius 3 is 2.50 bits per heavy atom. The third kappa shape index (κ3) is 3.89. The third-order valence-electron chi connectivity index (χ3n) is 2.54. The van der Waals surface area contributed by atoms with Crippen LogP contribution < -0.4 is 10.6 Å². The molecule has 104 valence electrons. The summed E-state index contributed by atoms with van der Waals surface area (Å²) in [5.74, 6) is -0.298. The standard InChI is InChI=1S/C14H15N3O2S/c1-9-7-15-13(20-9)8-16-14(19)11-3-5-12(6-4-11)17-10(2)18/h3-7H,8H2,1-2H3,(H,16,19)(H,17,18). The van der Waals surface area contributed by atoms with Crippen molar-refractivity contribution in [1.82, 2.24) is 10.3 Å². The van der Waals surface area contributed by atoms with Crippen LogP contribution in [-0.4, -0.2) is 16.8 Å². The van der Waals surface area contributed by atoms with Crippen LogP contribution in [0.4, 0.5) is 5.69 Å². The maximum absolute atomic E-state index is 11.9. The van der Waals surface area contributed by atoms with E-state index in [9.17, 15) is 9.59 Å². The van der Waals surface area contributed by atoms with Crippen LogP contribution in [0, 0.1) is 6.92 Å². The average molecular weight is 289 g/mol. The predicted octanol–water partition coefficient (Wildman–Crippen LogP) is 2.34. The van der Waals surface area contributed by atoms with E-state index in [1.807, 2.05) is 6.92 Å². The molecule has 0 spiro atoms. The minimum Gasteiger partial charge on any atom is -0.346 e. The van der Waals surface area contributed by atoms with E-state index in [0.717, 1.165) is 9.88 Å². The summed E-state index contributed by atoms with van der Waals surface area (Å²) in [7, 11) is 0. The van der Waals surface area contributed by atoms with E-state index in [-0.39, 0.29) is 11.8 Å². The largest absolute Gasteiger partial charge is 0.346 e. The molecule has 20 heavy (non-hydrogen) atoms. The molecule has 1 aromatic carbocycles. The number of carbonyl (C=O) groups excluding carboxylic acids is 2.